The van der Waals surface area contributed by atoms with Crippen molar-refractivity contribution in [2.75, 3.05) is 37.7 Å². The molecule has 0 saturated carbocycles. The number of hydrogen-bond acceptors (Lipinski definition) is 3. The Morgan fingerprint density at radius 1 is 1.50 bits per heavy atom. The summed E-state index contributed by atoms with van der Waals surface area (Å²) in [6, 6.07) is 0.694. The maximum atomic E-state index is 3.50. The Labute approximate surface area is 91.8 Å². The van der Waals surface area contributed by atoms with Crippen LogP contribution in [0.15, 0.2) is 0 Å². The largest absolute Gasteiger partial charge is 0.312 e. The number of piperazine rings is 1. The highest BCUT2D eigenvalue weighted by Gasteiger charge is 2.20. The van der Waals surface area contributed by atoms with Crippen molar-refractivity contribution in [2.45, 2.75) is 25.8 Å². The molecule has 2 fully saturated rings. The molecule has 0 aromatic rings. The Hall–Kier alpha value is 0.270. The van der Waals surface area contributed by atoms with Crippen molar-refractivity contribution >= 4 is 11.8 Å². The summed E-state index contributed by atoms with van der Waals surface area (Å²) in [5, 5.41) is 3.50. The zero-order chi connectivity index (χ0) is 9.80. The minimum Gasteiger partial charge on any atom is -0.312 e. The first-order valence-electron chi connectivity index (χ1n) is 5.88. The molecule has 0 amide bonds. The van der Waals surface area contributed by atoms with E-state index < -0.39 is 0 Å². The molecular weight excluding hydrogens is 192 g/mol. The van der Waals surface area contributed by atoms with Crippen molar-refractivity contribution < 1.29 is 0 Å². The Balaban J connectivity index is 1.72. The predicted octanol–water partition coefficient (Wildman–Crippen LogP) is 1.42. The van der Waals surface area contributed by atoms with E-state index in [1.54, 1.807) is 0 Å². The van der Waals surface area contributed by atoms with Crippen LogP contribution in [0.2, 0.25) is 0 Å². The molecule has 3 heteroatoms. The van der Waals surface area contributed by atoms with Crippen molar-refractivity contribution in [3.63, 3.8) is 0 Å². The molecule has 14 heavy (non-hydrogen) atoms. The van der Waals surface area contributed by atoms with Gasteiger partial charge in [-0.1, -0.05) is 0 Å². The number of nitrogens with one attached hydrogen (secondary N) is 1. The third-order valence-corrected chi connectivity index (χ3v) is 4.51. The van der Waals surface area contributed by atoms with Gasteiger partial charge in [-0.15, -0.1) is 0 Å². The molecule has 2 unspecified atom stereocenters. The van der Waals surface area contributed by atoms with Crippen LogP contribution >= 0.6 is 11.8 Å². The van der Waals surface area contributed by atoms with E-state index >= 15 is 0 Å². The average Bonchev–Trinajstić information content (AvgIpc) is 2.19. The van der Waals surface area contributed by atoms with Gasteiger partial charge in [0.15, 0.2) is 0 Å². The summed E-state index contributed by atoms with van der Waals surface area (Å²) in [4.78, 5) is 2.65. The van der Waals surface area contributed by atoms with Gasteiger partial charge in [0.05, 0.1) is 0 Å². The minimum atomic E-state index is 0.694. The molecule has 2 nitrogen and oxygen atoms in total. The van der Waals surface area contributed by atoms with Crippen LogP contribution < -0.4 is 5.32 Å². The molecule has 1 N–H and O–H groups in total. The number of rotatable bonds is 2. The second kappa shape index (κ2) is 5.38. The first-order chi connectivity index (χ1) is 6.84. The fourth-order valence-corrected chi connectivity index (χ4v) is 3.64. The van der Waals surface area contributed by atoms with Gasteiger partial charge < -0.3 is 10.2 Å². The zero-order valence-corrected chi connectivity index (χ0v) is 9.98. The second-order valence-electron chi connectivity index (χ2n) is 4.70. The first-order valence-corrected chi connectivity index (χ1v) is 7.03. The van der Waals surface area contributed by atoms with E-state index in [0.29, 0.717) is 6.04 Å². The predicted molar refractivity (Wildman–Crippen MR) is 64.0 cm³/mol. The van der Waals surface area contributed by atoms with Crippen molar-refractivity contribution in [3.05, 3.63) is 0 Å². The van der Waals surface area contributed by atoms with Gasteiger partial charge >= 0.3 is 0 Å². The van der Waals surface area contributed by atoms with Crippen molar-refractivity contribution in [2.24, 2.45) is 5.92 Å². The van der Waals surface area contributed by atoms with Crippen molar-refractivity contribution in [3.8, 4) is 0 Å². The van der Waals surface area contributed by atoms with Gasteiger partial charge in [0.1, 0.15) is 0 Å². The van der Waals surface area contributed by atoms with E-state index in [2.05, 4.69) is 28.9 Å². The highest BCUT2D eigenvalue weighted by atomic mass is 32.2. The summed E-state index contributed by atoms with van der Waals surface area (Å²) in [6.07, 6.45) is 2.91. The van der Waals surface area contributed by atoms with Crippen molar-refractivity contribution in [1.82, 2.24) is 10.2 Å². The van der Waals surface area contributed by atoms with Gasteiger partial charge in [-0.25, -0.2) is 0 Å². The average molecular weight is 214 g/mol. The molecule has 2 aliphatic heterocycles. The minimum absolute atomic E-state index is 0.694. The third-order valence-electron chi connectivity index (χ3n) is 3.22. The highest BCUT2D eigenvalue weighted by Crippen LogP contribution is 2.23. The topological polar surface area (TPSA) is 15.3 Å². The Morgan fingerprint density at radius 3 is 3.14 bits per heavy atom. The number of thioether (sulfide) groups is 1. The molecule has 0 radical (unpaired) electrons. The van der Waals surface area contributed by atoms with Crippen LogP contribution in [0.3, 0.4) is 0 Å². The summed E-state index contributed by atoms with van der Waals surface area (Å²) in [5.74, 6) is 3.77. The van der Waals surface area contributed by atoms with E-state index in [0.717, 1.165) is 5.92 Å². The van der Waals surface area contributed by atoms with Gasteiger partial charge in [0.2, 0.25) is 0 Å². The fraction of sp³-hybridized carbons (Fsp3) is 1.00. The molecule has 0 aliphatic carbocycles. The quantitative estimate of drug-likeness (QED) is 0.748. The van der Waals surface area contributed by atoms with E-state index in [1.807, 2.05) is 0 Å². The van der Waals surface area contributed by atoms with Gasteiger partial charge in [0, 0.05) is 32.2 Å². The zero-order valence-electron chi connectivity index (χ0n) is 9.17. The Kier molecular flexibility index (Phi) is 4.14. The smallest absolute Gasteiger partial charge is 0.0167 e. The lowest BCUT2D eigenvalue weighted by molar-refractivity contribution is 0.180. The summed E-state index contributed by atoms with van der Waals surface area (Å²) >= 11 is 2.15. The summed E-state index contributed by atoms with van der Waals surface area (Å²) in [7, 11) is 0. The SMILES string of the molecule is CC1CN(CC2CCCSC2)CCN1. The Morgan fingerprint density at radius 2 is 2.43 bits per heavy atom. The molecular formula is C11H22N2S. The summed E-state index contributed by atoms with van der Waals surface area (Å²) in [6.45, 7) is 7.33. The van der Waals surface area contributed by atoms with Crippen LogP contribution in [0.25, 0.3) is 0 Å². The molecule has 2 atom stereocenters. The molecule has 82 valence electrons. The lowest BCUT2D eigenvalue weighted by Gasteiger charge is -2.35. The lowest BCUT2D eigenvalue weighted by atomic mass is 10.0. The molecule has 0 aromatic heterocycles. The molecule has 0 bridgehead atoms. The molecule has 2 heterocycles. The van der Waals surface area contributed by atoms with Gasteiger partial charge in [-0.3, -0.25) is 0 Å². The normalized spacial score (nSPS) is 35.8. The second-order valence-corrected chi connectivity index (χ2v) is 5.85. The third kappa shape index (κ3) is 3.14. The van der Waals surface area contributed by atoms with E-state index in [4.69, 9.17) is 0 Å². The van der Waals surface area contributed by atoms with Crippen LogP contribution in [0.1, 0.15) is 19.8 Å². The fourth-order valence-electron chi connectivity index (χ4n) is 2.49. The number of nitrogens with zero attached hydrogens (tertiary/aromatic N) is 1. The van der Waals surface area contributed by atoms with Gasteiger partial charge in [0.25, 0.3) is 0 Å². The molecule has 2 aliphatic rings. The molecule has 2 rings (SSSR count). The van der Waals surface area contributed by atoms with Crippen LogP contribution in [-0.4, -0.2) is 48.6 Å². The van der Waals surface area contributed by atoms with Crippen LogP contribution in [0.4, 0.5) is 0 Å². The van der Waals surface area contributed by atoms with E-state index in [-0.39, 0.29) is 0 Å². The highest BCUT2D eigenvalue weighted by molar-refractivity contribution is 7.99. The molecule has 0 spiro atoms. The monoisotopic (exact) mass is 214 g/mol. The molecule has 2 saturated heterocycles. The van der Waals surface area contributed by atoms with Crippen molar-refractivity contribution in [1.29, 1.82) is 0 Å². The Bertz CT molecular complexity index is 169. The number of hydrogen-bond donors (Lipinski definition) is 1. The van der Waals surface area contributed by atoms with Crippen LogP contribution in [0.5, 0.6) is 0 Å². The first kappa shape index (κ1) is 10.8. The summed E-state index contributed by atoms with van der Waals surface area (Å²) in [5.41, 5.74) is 0. The van der Waals surface area contributed by atoms with E-state index in [1.165, 1.54) is 50.5 Å². The standard InChI is InChI=1S/C11H22N2S/c1-10-7-13(5-4-12-10)8-11-3-2-6-14-9-11/h10-12H,2-9H2,1H3. The maximum Gasteiger partial charge on any atom is 0.0167 e. The maximum absolute atomic E-state index is 3.50. The van der Waals surface area contributed by atoms with E-state index in [9.17, 15) is 0 Å². The van der Waals surface area contributed by atoms with Gasteiger partial charge in [-0.2, -0.15) is 11.8 Å². The van der Waals surface area contributed by atoms with Crippen LogP contribution in [-0.2, 0) is 0 Å². The lowest BCUT2D eigenvalue weighted by Crippen LogP contribution is -2.50. The summed E-state index contributed by atoms with van der Waals surface area (Å²) < 4.78 is 0. The van der Waals surface area contributed by atoms with Crippen LogP contribution in [0, 0.1) is 5.92 Å². The molecule has 0 aromatic carbocycles. The van der Waals surface area contributed by atoms with Gasteiger partial charge in [-0.05, 0) is 37.2 Å².